The highest BCUT2D eigenvalue weighted by atomic mass is 127. The normalized spacial score (nSPS) is 19.0. The van der Waals surface area contributed by atoms with Crippen molar-refractivity contribution >= 4 is 36.9 Å². The molecule has 0 saturated heterocycles. The van der Waals surface area contributed by atoms with Crippen molar-refractivity contribution in [1.82, 2.24) is 0 Å². The number of carbonyl (C=O) groups is 1. The van der Waals surface area contributed by atoms with Crippen LogP contribution in [0.5, 0.6) is 0 Å². The number of aliphatic hydroxyl groups excluding tert-OH is 1. The molecule has 31 heavy (non-hydrogen) atoms. The Bertz CT molecular complexity index is 636. The van der Waals surface area contributed by atoms with Crippen molar-refractivity contribution in [2.75, 3.05) is 0 Å². The van der Waals surface area contributed by atoms with Crippen LogP contribution in [0.4, 0.5) is 0 Å². The van der Waals surface area contributed by atoms with Gasteiger partial charge in [0.1, 0.15) is 12.2 Å². The Labute approximate surface area is 204 Å². The molecule has 0 aliphatic rings. The number of rotatable bonds is 13. The van der Waals surface area contributed by atoms with E-state index in [0.29, 0.717) is 6.42 Å². The molecule has 0 amide bonds. The number of halogens is 1. The second kappa shape index (κ2) is 12.7. The third-order valence-corrected chi connectivity index (χ3v) is 11.7. The Balaban J connectivity index is 5.56. The van der Waals surface area contributed by atoms with Crippen molar-refractivity contribution in [2.24, 2.45) is 5.92 Å². The molecular weight excluding hydrogens is 523 g/mol. The maximum atomic E-state index is 12.9. The quantitative estimate of drug-likeness (QED) is 0.125. The second-order valence-corrected chi connectivity index (χ2v) is 15.5. The van der Waals surface area contributed by atoms with E-state index < -0.39 is 26.1 Å². The van der Waals surface area contributed by atoms with Crippen LogP contribution in [-0.2, 0) is 14.0 Å². The van der Waals surface area contributed by atoms with Gasteiger partial charge in [0.25, 0.3) is 0 Å². The van der Waals surface area contributed by atoms with Gasteiger partial charge in [-0.25, -0.2) is 0 Å². The molecule has 0 aromatic rings. The summed E-state index contributed by atoms with van der Waals surface area (Å²) >= 11 is 2.14. The number of esters is 1. The lowest BCUT2D eigenvalue weighted by Crippen LogP contribution is -2.46. The van der Waals surface area contributed by atoms with Crippen molar-refractivity contribution in [1.29, 1.82) is 0 Å². The van der Waals surface area contributed by atoms with Crippen LogP contribution in [-0.4, -0.2) is 48.4 Å². The highest BCUT2D eigenvalue weighted by Gasteiger charge is 2.40. The minimum absolute atomic E-state index is 0.0156. The molecule has 0 aliphatic heterocycles. The number of carbonyl (C=O) groups excluding carboxylic acids is 1. The lowest BCUT2D eigenvalue weighted by Gasteiger charge is -2.40. The zero-order valence-corrected chi connectivity index (χ0v) is 23.7. The summed E-state index contributed by atoms with van der Waals surface area (Å²) in [6.45, 7) is 23.5. The van der Waals surface area contributed by atoms with Gasteiger partial charge < -0.3 is 19.4 Å². The van der Waals surface area contributed by atoms with Crippen LogP contribution in [0.15, 0.2) is 35.0 Å². The first-order valence-electron chi connectivity index (χ1n) is 10.8. The summed E-state index contributed by atoms with van der Waals surface area (Å²) in [6, 6.07) is 0. The standard InChI is InChI=1S/C24H43IO5Si/c1-11-17(3)22(18(4)16-25)29-21(27)15-19(30-31(9,10)23(5,6)7)13-14-24(8,28)20(26)12-2/h11-12,16-17,19-20,22,26,28H,1-2,13-15H2,3-10H3/t17-,19+,20-,22-,24+/m0/s1. The maximum absolute atomic E-state index is 12.9. The van der Waals surface area contributed by atoms with E-state index in [9.17, 15) is 15.0 Å². The first-order valence-corrected chi connectivity index (χ1v) is 15.0. The van der Waals surface area contributed by atoms with Crippen molar-refractivity contribution in [3.63, 3.8) is 0 Å². The molecule has 7 heteroatoms. The Morgan fingerprint density at radius 2 is 1.74 bits per heavy atom. The van der Waals surface area contributed by atoms with Crippen LogP contribution in [0.3, 0.4) is 0 Å². The molecule has 180 valence electrons. The van der Waals surface area contributed by atoms with Crippen LogP contribution in [0, 0.1) is 5.92 Å². The van der Waals surface area contributed by atoms with Crippen LogP contribution >= 0.6 is 22.6 Å². The fourth-order valence-corrected chi connectivity index (χ4v) is 4.57. The number of ether oxygens (including phenoxy) is 1. The summed E-state index contributed by atoms with van der Waals surface area (Å²) in [5.41, 5.74) is -0.388. The first-order chi connectivity index (χ1) is 14.0. The van der Waals surface area contributed by atoms with E-state index in [4.69, 9.17) is 9.16 Å². The lowest BCUT2D eigenvalue weighted by atomic mass is 9.91. The molecule has 0 aromatic carbocycles. The molecular formula is C24H43IO5Si. The van der Waals surface area contributed by atoms with Crippen LogP contribution in [0.1, 0.15) is 60.8 Å². The number of hydrogen-bond acceptors (Lipinski definition) is 5. The van der Waals surface area contributed by atoms with Gasteiger partial charge in [0.2, 0.25) is 0 Å². The smallest absolute Gasteiger partial charge is 0.308 e. The molecule has 5 nitrogen and oxygen atoms in total. The number of hydrogen-bond donors (Lipinski definition) is 2. The van der Waals surface area contributed by atoms with Crippen molar-refractivity contribution < 1.29 is 24.2 Å². The zero-order valence-electron chi connectivity index (χ0n) is 20.6. The molecule has 0 aromatic heterocycles. The summed E-state index contributed by atoms with van der Waals surface area (Å²) < 4.78 is 14.2. The molecule has 0 fully saturated rings. The van der Waals surface area contributed by atoms with Gasteiger partial charge in [0.05, 0.1) is 18.1 Å². The molecule has 0 bridgehead atoms. The largest absolute Gasteiger partial charge is 0.457 e. The molecule has 0 radical (unpaired) electrons. The van der Waals surface area contributed by atoms with E-state index in [1.54, 1.807) is 13.0 Å². The molecule has 0 aliphatic carbocycles. The van der Waals surface area contributed by atoms with Crippen molar-refractivity contribution in [3.8, 4) is 0 Å². The summed E-state index contributed by atoms with van der Waals surface area (Å²) in [4.78, 5) is 12.9. The van der Waals surface area contributed by atoms with E-state index >= 15 is 0 Å². The monoisotopic (exact) mass is 566 g/mol. The third kappa shape index (κ3) is 9.90. The molecule has 0 rings (SSSR count). The van der Waals surface area contributed by atoms with Gasteiger partial charge in [-0.15, -0.1) is 13.2 Å². The van der Waals surface area contributed by atoms with Gasteiger partial charge >= 0.3 is 5.97 Å². The summed E-state index contributed by atoms with van der Waals surface area (Å²) in [5.74, 6) is -0.359. The van der Waals surface area contributed by atoms with Gasteiger partial charge in [0, 0.05) is 5.92 Å². The highest BCUT2D eigenvalue weighted by Crippen LogP contribution is 2.38. The zero-order chi connectivity index (χ0) is 24.6. The predicted octanol–water partition coefficient (Wildman–Crippen LogP) is 5.92. The Morgan fingerprint density at radius 3 is 2.16 bits per heavy atom. The van der Waals surface area contributed by atoms with Crippen molar-refractivity contribution in [2.45, 2.75) is 103 Å². The summed E-state index contributed by atoms with van der Waals surface area (Å²) in [6.07, 6.45) is 2.02. The SMILES string of the molecule is C=C[C@H](C)[C@H](OC(=O)C[C@@H](CC[C@@](C)(O)[C@@H](O)C=C)O[Si](C)(C)C(C)(C)C)C(C)=CI. The molecule has 0 heterocycles. The van der Waals surface area contributed by atoms with Gasteiger partial charge in [-0.05, 0) is 54.5 Å². The Hall–Kier alpha value is -0.483. The molecule has 5 atom stereocenters. The van der Waals surface area contributed by atoms with Crippen LogP contribution in [0.2, 0.25) is 18.1 Å². The Morgan fingerprint density at radius 1 is 1.19 bits per heavy atom. The van der Waals surface area contributed by atoms with Gasteiger partial charge in [-0.2, -0.15) is 0 Å². The fraction of sp³-hybridized carbons (Fsp3) is 0.708. The van der Waals surface area contributed by atoms with Crippen LogP contribution < -0.4 is 0 Å². The summed E-state index contributed by atoms with van der Waals surface area (Å²) in [7, 11) is -2.16. The predicted molar refractivity (Wildman–Crippen MR) is 140 cm³/mol. The average Bonchev–Trinajstić information content (AvgIpc) is 2.67. The maximum Gasteiger partial charge on any atom is 0.308 e. The van der Waals surface area contributed by atoms with E-state index in [-0.39, 0.29) is 35.9 Å². The van der Waals surface area contributed by atoms with E-state index in [0.717, 1.165) is 5.57 Å². The Kier molecular flexibility index (Phi) is 12.5. The van der Waals surface area contributed by atoms with Crippen LogP contribution in [0.25, 0.3) is 0 Å². The van der Waals surface area contributed by atoms with Gasteiger partial charge in [-0.3, -0.25) is 4.79 Å². The molecule has 0 spiro atoms. The van der Waals surface area contributed by atoms with E-state index in [1.165, 1.54) is 6.08 Å². The van der Waals surface area contributed by atoms with Crippen molar-refractivity contribution in [3.05, 3.63) is 35.0 Å². The van der Waals surface area contributed by atoms with E-state index in [1.807, 2.05) is 17.9 Å². The molecule has 0 saturated carbocycles. The highest BCUT2D eigenvalue weighted by molar-refractivity contribution is 14.1. The van der Waals surface area contributed by atoms with Gasteiger partial charge in [-0.1, -0.05) is 62.4 Å². The fourth-order valence-electron chi connectivity index (χ4n) is 2.83. The first kappa shape index (κ1) is 30.5. The van der Waals surface area contributed by atoms with Gasteiger partial charge in [0.15, 0.2) is 8.32 Å². The summed E-state index contributed by atoms with van der Waals surface area (Å²) in [5, 5.41) is 20.6. The average molecular weight is 567 g/mol. The lowest BCUT2D eigenvalue weighted by molar-refractivity contribution is -0.151. The molecule has 2 N–H and O–H groups in total. The van der Waals surface area contributed by atoms with E-state index in [2.05, 4.69) is 69.6 Å². The topological polar surface area (TPSA) is 76.0 Å². The minimum atomic E-state index is -2.16. The minimum Gasteiger partial charge on any atom is -0.457 e. The second-order valence-electron chi connectivity index (χ2n) is 10.1. The molecule has 0 unspecified atom stereocenters. The number of aliphatic hydroxyl groups is 2. The third-order valence-electron chi connectivity index (χ3n) is 6.22.